The second-order valence-corrected chi connectivity index (χ2v) is 8.26. The van der Waals surface area contributed by atoms with Crippen LogP contribution >= 0.6 is 0 Å². The van der Waals surface area contributed by atoms with Crippen molar-refractivity contribution in [1.29, 1.82) is 0 Å². The Morgan fingerprint density at radius 1 is 1.42 bits per heavy atom. The van der Waals surface area contributed by atoms with Crippen LogP contribution in [0.15, 0.2) is 23.1 Å². The summed E-state index contributed by atoms with van der Waals surface area (Å²) in [6.45, 7) is 3.23. The minimum atomic E-state index is -3.72. The summed E-state index contributed by atoms with van der Waals surface area (Å²) in [5.41, 5.74) is -1.05. The van der Waals surface area contributed by atoms with E-state index in [2.05, 4.69) is 5.32 Å². The molecule has 1 saturated heterocycles. The highest BCUT2D eigenvalue weighted by Crippen LogP contribution is 2.31. The number of amides is 2. The number of benzene rings is 1. The Hall–Kier alpha value is -2.16. The molecule has 0 aliphatic carbocycles. The van der Waals surface area contributed by atoms with E-state index in [1.54, 1.807) is 6.92 Å². The largest absolute Gasteiger partial charge is 0.481 e. The number of aliphatic carboxylic acids is 1. The van der Waals surface area contributed by atoms with E-state index in [1.807, 2.05) is 0 Å². The normalized spacial score (nSPS) is 20.9. The van der Waals surface area contributed by atoms with E-state index in [9.17, 15) is 27.5 Å². The molecule has 0 saturated carbocycles. The molecule has 1 heterocycles. The van der Waals surface area contributed by atoms with Crippen molar-refractivity contribution in [3.8, 4) is 0 Å². The van der Waals surface area contributed by atoms with E-state index in [0.29, 0.717) is 6.42 Å². The molecule has 1 fully saturated rings. The van der Waals surface area contributed by atoms with E-state index in [1.165, 1.54) is 17.9 Å². The van der Waals surface area contributed by atoms with Crippen LogP contribution in [0.3, 0.4) is 0 Å². The van der Waals surface area contributed by atoms with Crippen LogP contribution < -0.4 is 5.32 Å². The molecule has 1 aromatic rings. The SMILES string of the molecule is CCS(=O)(=O)c1cc(F)ccc1NC(=O)N1CCC(C)(C(=O)O)C1. The molecular formula is C15H19FN2O5S. The fraction of sp³-hybridized carbons (Fsp3) is 0.467. The first kappa shape index (κ1) is 18.2. The average Bonchev–Trinajstić information content (AvgIpc) is 2.93. The van der Waals surface area contributed by atoms with Gasteiger partial charge < -0.3 is 15.3 Å². The Bertz CT molecular complexity index is 780. The van der Waals surface area contributed by atoms with Gasteiger partial charge in [-0.15, -0.1) is 0 Å². The van der Waals surface area contributed by atoms with Gasteiger partial charge in [-0.3, -0.25) is 4.79 Å². The minimum absolute atomic E-state index is 0.0191. The van der Waals surface area contributed by atoms with Crippen LogP contribution in [-0.2, 0) is 14.6 Å². The van der Waals surface area contributed by atoms with Gasteiger partial charge in [0.2, 0.25) is 0 Å². The van der Waals surface area contributed by atoms with Gasteiger partial charge in [0.25, 0.3) is 0 Å². The molecule has 1 atom stereocenters. The van der Waals surface area contributed by atoms with Crippen LogP contribution in [-0.4, -0.2) is 49.3 Å². The molecule has 0 aromatic heterocycles. The molecule has 7 nitrogen and oxygen atoms in total. The first-order valence-corrected chi connectivity index (χ1v) is 9.06. The van der Waals surface area contributed by atoms with Gasteiger partial charge in [-0.25, -0.2) is 17.6 Å². The molecule has 132 valence electrons. The quantitative estimate of drug-likeness (QED) is 0.856. The summed E-state index contributed by atoms with van der Waals surface area (Å²) in [6.07, 6.45) is 0.305. The number of hydrogen-bond acceptors (Lipinski definition) is 4. The lowest BCUT2D eigenvalue weighted by Gasteiger charge is -2.21. The monoisotopic (exact) mass is 358 g/mol. The smallest absolute Gasteiger partial charge is 0.321 e. The molecule has 0 bridgehead atoms. The number of carboxylic acid groups (broad SMARTS) is 1. The first-order valence-electron chi connectivity index (χ1n) is 7.41. The molecule has 9 heteroatoms. The van der Waals surface area contributed by atoms with Crippen LogP contribution in [0.25, 0.3) is 0 Å². The molecule has 1 aromatic carbocycles. The third kappa shape index (κ3) is 3.50. The number of nitrogens with one attached hydrogen (secondary N) is 1. The summed E-state index contributed by atoms with van der Waals surface area (Å²) < 4.78 is 37.5. The van der Waals surface area contributed by atoms with Crippen LogP contribution in [0.4, 0.5) is 14.9 Å². The summed E-state index contributed by atoms with van der Waals surface area (Å²) >= 11 is 0. The number of carbonyl (C=O) groups excluding carboxylic acids is 1. The van der Waals surface area contributed by atoms with Crippen molar-refractivity contribution in [1.82, 2.24) is 4.90 Å². The van der Waals surface area contributed by atoms with Crippen molar-refractivity contribution < 1.29 is 27.5 Å². The van der Waals surface area contributed by atoms with Crippen LogP contribution in [0.5, 0.6) is 0 Å². The Kier molecular flexibility index (Phi) is 4.84. The Morgan fingerprint density at radius 2 is 2.08 bits per heavy atom. The lowest BCUT2D eigenvalue weighted by Crippen LogP contribution is -2.37. The number of halogens is 1. The number of sulfone groups is 1. The number of carboxylic acids is 1. The highest BCUT2D eigenvalue weighted by atomic mass is 32.2. The lowest BCUT2D eigenvalue weighted by atomic mass is 9.90. The summed E-state index contributed by atoms with van der Waals surface area (Å²) in [5, 5.41) is 11.6. The zero-order chi connectivity index (χ0) is 18.1. The maximum Gasteiger partial charge on any atom is 0.321 e. The maximum atomic E-state index is 13.4. The van der Waals surface area contributed by atoms with Gasteiger partial charge in [0.05, 0.1) is 21.8 Å². The van der Waals surface area contributed by atoms with E-state index in [-0.39, 0.29) is 29.4 Å². The molecule has 0 radical (unpaired) electrons. The molecule has 0 spiro atoms. The van der Waals surface area contributed by atoms with Crippen molar-refractivity contribution in [2.45, 2.75) is 25.2 Å². The van der Waals surface area contributed by atoms with Crippen LogP contribution in [0.2, 0.25) is 0 Å². The number of rotatable bonds is 4. The van der Waals surface area contributed by atoms with Gasteiger partial charge in [0, 0.05) is 13.1 Å². The third-order valence-corrected chi connectivity index (χ3v) is 5.95. The average molecular weight is 358 g/mol. The predicted molar refractivity (Wildman–Crippen MR) is 85.1 cm³/mol. The number of nitrogens with zero attached hydrogens (tertiary/aromatic N) is 1. The molecule has 1 aliphatic rings. The Morgan fingerprint density at radius 3 is 2.62 bits per heavy atom. The van der Waals surface area contributed by atoms with Crippen molar-refractivity contribution in [2.75, 3.05) is 24.2 Å². The van der Waals surface area contributed by atoms with Gasteiger partial charge in [0.1, 0.15) is 5.82 Å². The van der Waals surface area contributed by atoms with Gasteiger partial charge >= 0.3 is 12.0 Å². The Labute approximate surface area is 139 Å². The fourth-order valence-electron chi connectivity index (χ4n) is 2.52. The number of hydrogen-bond donors (Lipinski definition) is 2. The molecular weight excluding hydrogens is 339 g/mol. The summed E-state index contributed by atoms with van der Waals surface area (Å²) in [5.74, 6) is -1.95. The Balaban J connectivity index is 2.23. The maximum absolute atomic E-state index is 13.4. The standard InChI is InChI=1S/C15H19FN2O5S/c1-3-24(22,23)12-8-10(16)4-5-11(12)17-14(21)18-7-6-15(2,9-18)13(19)20/h4-5,8H,3,6-7,9H2,1-2H3,(H,17,21)(H,19,20). The van der Waals surface area contributed by atoms with E-state index in [4.69, 9.17) is 0 Å². The summed E-state index contributed by atoms with van der Waals surface area (Å²) in [7, 11) is -3.72. The van der Waals surface area contributed by atoms with Crippen LogP contribution in [0, 0.1) is 11.2 Å². The number of anilines is 1. The van der Waals surface area contributed by atoms with Crippen molar-refractivity contribution in [2.24, 2.45) is 5.41 Å². The molecule has 2 rings (SSSR count). The topological polar surface area (TPSA) is 104 Å². The number of carbonyl (C=O) groups is 2. The highest BCUT2D eigenvalue weighted by molar-refractivity contribution is 7.91. The van der Waals surface area contributed by atoms with E-state index < -0.39 is 33.1 Å². The second kappa shape index (κ2) is 6.39. The minimum Gasteiger partial charge on any atom is -0.481 e. The second-order valence-electron chi connectivity index (χ2n) is 6.01. The van der Waals surface area contributed by atoms with Crippen LogP contribution in [0.1, 0.15) is 20.3 Å². The van der Waals surface area contributed by atoms with Gasteiger partial charge in [-0.1, -0.05) is 6.92 Å². The predicted octanol–water partition coefficient (Wildman–Crippen LogP) is 1.95. The summed E-state index contributed by atoms with van der Waals surface area (Å²) in [4.78, 5) is 24.6. The first-order chi connectivity index (χ1) is 11.1. The molecule has 2 amide bonds. The zero-order valence-electron chi connectivity index (χ0n) is 13.4. The van der Waals surface area contributed by atoms with Gasteiger partial charge in [-0.05, 0) is 31.5 Å². The van der Waals surface area contributed by atoms with Gasteiger partial charge in [-0.2, -0.15) is 0 Å². The summed E-state index contributed by atoms with van der Waals surface area (Å²) in [6, 6.07) is 2.48. The van der Waals surface area contributed by atoms with Crippen molar-refractivity contribution >= 4 is 27.5 Å². The van der Waals surface area contributed by atoms with Gasteiger partial charge in [0.15, 0.2) is 9.84 Å². The lowest BCUT2D eigenvalue weighted by molar-refractivity contribution is -0.146. The molecule has 2 N–H and O–H groups in total. The molecule has 24 heavy (non-hydrogen) atoms. The molecule has 1 aliphatic heterocycles. The van der Waals surface area contributed by atoms with E-state index >= 15 is 0 Å². The van der Waals surface area contributed by atoms with E-state index in [0.717, 1.165) is 12.1 Å². The third-order valence-electron chi connectivity index (χ3n) is 4.18. The zero-order valence-corrected chi connectivity index (χ0v) is 14.2. The number of urea groups is 1. The fourth-order valence-corrected chi connectivity index (χ4v) is 3.57. The van der Waals surface area contributed by atoms with Crippen molar-refractivity contribution in [3.05, 3.63) is 24.0 Å². The number of likely N-dealkylation sites (tertiary alicyclic amines) is 1. The van der Waals surface area contributed by atoms with Crippen molar-refractivity contribution in [3.63, 3.8) is 0 Å². The molecule has 1 unspecified atom stereocenters. The highest BCUT2D eigenvalue weighted by Gasteiger charge is 2.42.